The summed E-state index contributed by atoms with van der Waals surface area (Å²) < 4.78 is 6.52. The van der Waals surface area contributed by atoms with Crippen molar-refractivity contribution in [3.05, 3.63) is 180 Å². The van der Waals surface area contributed by atoms with Crippen molar-refractivity contribution in [3.63, 3.8) is 0 Å². The molecule has 2 heterocycles. The van der Waals surface area contributed by atoms with Crippen LogP contribution in [-0.4, -0.2) is 5.84 Å². The number of nitrogens with zero attached hydrogens (tertiary/aromatic N) is 1. The lowest BCUT2D eigenvalue weighted by Crippen LogP contribution is -2.45. The molecule has 1 aliphatic heterocycles. The Morgan fingerprint density at radius 2 is 1.15 bits per heavy atom. The average Bonchev–Trinajstić information content (AvgIpc) is 3.53. The molecular formula is C43H31N3O. The second-order valence-corrected chi connectivity index (χ2v) is 12.1. The van der Waals surface area contributed by atoms with Crippen molar-refractivity contribution < 1.29 is 4.42 Å². The van der Waals surface area contributed by atoms with Crippen LogP contribution in [0.5, 0.6) is 0 Å². The van der Waals surface area contributed by atoms with E-state index < -0.39 is 0 Å². The second kappa shape index (κ2) is 11.4. The Kier molecular flexibility index (Phi) is 6.65. The molecule has 224 valence electrons. The second-order valence-electron chi connectivity index (χ2n) is 12.1. The molecule has 4 heteroatoms. The molecule has 2 atom stereocenters. The summed E-state index contributed by atoms with van der Waals surface area (Å²) in [6.07, 6.45) is -0.420. The first-order valence-corrected chi connectivity index (χ1v) is 16.0. The smallest absolute Gasteiger partial charge is 0.136 e. The van der Waals surface area contributed by atoms with Crippen LogP contribution in [0, 0.1) is 0 Å². The van der Waals surface area contributed by atoms with Crippen molar-refractivity contribution in [1.29, 1.82) is 0 Å². The molecule has 7 aromatic carbocycles. The largest absolute Gasteiger partial charge is 0.456 e. The summed E-state index contributed by atoms with van der Waals surface area (Å²) in [6, 6.07) is 57.5. The monoisotopic (exact) mass is 605 g/mol. The molecule has 47 heavy (non-hydrogen) atoms. The average molecular weight is 606 g/mol. The Morgan fingerprint density at radius 3 is 1.96 bits per heavy atom. The summed E-state index contributed by atoms with van der Waals surface area (Å²) in [5.41, 5.74) is 9.73. The van der Waals surface area contributed by atoms with Crippen LogP contribution in [0.3, 0.4) is 0 Å². The Morgan fingerprint density at radius 1 is 0.489 bits per heavy atom. The third-order valence-corrected chi connectivity index (χ3v) is 9.17. The number of nitrogens with one attached hydrogen (secondary N) is 2. The van der Waals surface area contributed by atoms with Crippen LogP contribution in [0.25, 0.3) is 55.0 Å². The van der Waals surface area contributed by atoms with Crippen LogP contribution >= 0.6 is 0 Å². The lowest BCUT2D eigenvalue weighted by molar-refractivity contribution is 0.411. The Bertz CT molecular complexity index is 2410. The topological polar surface area (TPSA) is 49.6 Å². The van der Waals surface area contributed by atoms with Gasteiger partial charge in [0.25, 0.3) is 0 Å². The van der Waals surface area contributed by atoms with Crippen LogP contribution in [0.1, 0.15) is 29.0 Å². The summed E-state index contributed by atoms with van der Waals surface area (Å²) in [6.45, 7) is 0. The van der Waals surface area contributed by atoms with E-state index in [-0.39, 0.29) is 12.3 Å². The van der Waals surface area contributed by atoms with Gasteiger partial charge in [0.05, 0.1) is 0 Å². The van der Waals surface area contributed by atoms with Gasteiger partial charge in [0.2, 0.25) is 0 Å². The Balaban J connectivity index is 1.11. The zero-order chi connectivity index (χ0) is 31.2. The highest BCUT2D eigenvalue weighted by Gasteiger charge is 2.28. The molecule has 0 bridgehead atoms. The van der Waals surface area contributed by atoms with Crippen LogP contribution in [0.15, 0.2) is 173 Å². The van der Waals surface area contributed by atoms with E-state index in [0.717, 1.165) is 55.6 Å². The SMILES string of the molecule is c1ccc(-c2ccc(-c3ccc4c(c3)oc3cccc(C5NC(c6ccc7ccccc7c6)=NC(c6ccccc6)N5)c34)cc2)cc1. The Hall–Kier alpha value is -5.97. The van der Waals surface area contributed by atoms with Gasteiger partial charge in [-0.05, 0) is 62.9 Å². The van der Waals surface area contributed by atoms with E-state index in [1.54, 1.807) is 0 Å². The van der Waals surface area contributed by atoms with Crippen molar-refractivity contribution in [2.45, 2.75) is 12.3 Å². The van der Waals surface area contributed by atoms with E-state index in [1.807, 2.05) is 12.1 Å². The maximum Gasteiger partial charge on any atom is 0.136 e. The zero-order valence-electron chi connectivity index (χ0n) is 25.6. The molecule has 2 N–H and O–H groups in total. The number of aliphatic imine (C=N–C) groups is 1. The highest BCUT2D eigenvalue weighted by atomic mass is 16.3. The van der Waals surface area contributed by atoms with E-state index in [1.165, 1.54) is 21.9 Å². The number of rotatable bonds is 5. The first kappa shape index (κ1) is 27.3. The van der Waals surface area contributed by atoms with Crippen molar-refractivity contribution in [3.8, 4) is 22.3 Å². The highest BCUT2D eigenvalue weighted by molar-refractivity contribution is 6.08. The molecule has 0 aliphatic carbocycles. The number of benzene rings is 7. The molecule has 0 spiro atoms. The van der Waals surface area contributed by atoms with Gasteiger partial charge in [-0.25, -0.2) is 4.99 Å². The lowest BCUT2D eigenvalue weighted by atomic mass is 9.98. The van der Waals surface area contributed by atoms with Gasteiger partial charge in [-0.2, -0.15) is 0 Å². The summed E-state index contributed by atoms with van der Waals surface area (Å²) in [5, 5.41) is 12.1. The van der Waals surface area contributed by atoms with E-state index in [4.69, 9.17) is 9.41 Å². The van der Waals surface area contributed by atoms with Crippen molar-refractivity contribution in [2.24, 2.45) is 4.99 Å². The quantitative estimate of drug-likeness (QED) is 0.205. The van der Waals surface area contributed by atoms with Gasteiger partial charge in [0.15, 0.2) is 0 Å². The molecule has 1 aromatic heterocycles. The van der Waals surface area contributed by atoms with Gasteiger partial charge < -0.3 is 9.73 Å². The molecule has 0 saturated carbocycles. The van der Waals surface area contributed by atoms with Crippen LogP contribution < -0.4 is 10.6 Å². The highest BCUT2D eigenvalue weighted by Crippen LogP contribution is 2.38. The number of amidine groups is 1. The van der Waals surface area contributed by atoms with Crippen LogP contribution in [-0.2, 0) is 0 Å². The number of hydrogen-bond donors (Lipinski definition) is 2. The van der Waals surface area contributed by atoms with Gasteiger partial charge in [-0.3, -0.25) is 5.32 Å². The minimum Gasteiger partial charge on any atom is -0.456 e. The maximum absolute atomic E-state index is 6.52. The van der Waals surface area contributed by atoms with E-state index in [9.17, 15) is 0 Å². The predicted octanol–water partition coefficient (Wildman–Crippen LogP) is 10.4. The molecule has 2 unspecified atom stereocenters. The van der Waals surface area contributed by atoms with E-state index in [0.29, 0.717) is 0 Å². The molecule has 4 nitrogen and oxygen atoms in total. The van der Waals surface area contributed by atoms with Gasteiger partial charge in [0, 0.05) is 21.9 Å². The predicted molar refractivity (Wildman–Crippen MR) is 193 cm³/mol. The summed E-state index contributed by atoms with van der Waals surface area (Å²) in [4.78, 5) is 5.18. The number of hydrogen-bond acceptors (Lipinski definition) is 4. The van der Waals surface area contributed by atoms with Crippen LogP contribution in [0.2, 0.25) is 0 Å². The normalized spacial score (nSPS) is 16.3. The molecule has 8 aromatic rings. The summed E-state index contributed by atoms with van der Waals surface area (Å²) in [7, 11) is 0. The first-order chi connectivity index (χ1) is 23.3. The van der Waals surface area contributed by atoms with Gasteiger partial charge in [0.1, 0.15) is 29.3 Å². The van der Waals surface area contributed by atoms with Gasteiger partial charge in [-0.1, -0.05) is 140 Å². The van der Waals surface area contributed by atoms with Crippen molar-refractivity contribution in [1.82, 2.24) is 10.6 Å². The molecule has 0 saturated heterocycles. The summed E-state index contributed by atoms with van der Waals surface area (Å²) >= 11 is 0. The third kappa shape index (κ3) is 5.05. The molecule has 0 radical (unpaired) electrons. The molecule has 1 aliphatic rings. The van der Waals surface area contributed by atoms with E-state index in [2.05, 4.69) is 162 Å². The van der Waals surface area contributed by atoms with Crippen LogP contribution in [0.4, 0.5) is 0 Å². The molecule has 0 fully saturated rings. The number of fused-ring (bicyclic) bond motifs is 4. The fourth-order valence-electron chi connectivity index (χ4n) is 6.77. The van der Waals surface area contributed by atoms with Gasteiger partial charge in [-0.15, -0.1) is 0 Å². The van der Waals surface area contributed by atoms with Gasteiger partial charge >= 0.3 is 0 Å². The number of furan rings is 1. The zero-order valence-corrected chi connectivity index (χ0v) is 25.6. The third-order valence-electron chi connectivity index (χ3n) is 9.17. The molecule has 9 rings (SSSR count). The fourth-order valence-corrected chi connectivity index (χ4v) is 6.77. The first-order valence-electron chi connectivity index (χ1n) is 16.0. The lowest BCUT2D eigenvalue weighted by Gasteiger charge is -2.32. The summed E-state index contributed by atoms with van der Waals surface area (Å²) in [5.74, 6) is 0.861. The fraction of sp³-hybridized carbons (Fsp3) is 0.0465. The minimum absolute atomic E-state index is 0.200. The van der Waals surface area contributed by atoms with Crippen molar-refractivity contribution >= 4 is 38.5 Å². The van der Waals surface area contributed by atoms with E-state index >= 15 is 0 Å². The Labute approximate surface area is 273 Å². The maximum atomic E-state index is 6.52. The van der Waals surface area contributed by atoms with Crippen molar-refractivity contribution in [2.75, 3.05) is 0 Å². The minimum atomic E-state index is -0.220. The standard InChI is InChI=1S/C43H31N3O/c1-3-10-28(11-4-1)30-18-20-31(21-19-30)34-24-25-36-39(27-34)47-38-17-9-16-37(40(36)38)43-45-41(32-13-5-2-6-14-32)44-42(46-43)35-23-22-29-12-7-8-15-33(29)26-35/h1-27,41,43,45H,(H,44,46). The molecular weight excluding hydrogens is 574 g/mol. The molecule has 0 amide bonds.